The lowest BCUT2D eigenvalue weighted by atomic mass is 9.92. The van der Waals surface area contributed by atoms with Crippen molar-refractivity contribution in [2.24, 2.45) is 0 Å². The van der Waals surface area contributed by atoms with E-state index in [9.17, 15) is 4.79 Å². The Morgan fingerprint density at radius 2 is 1.78 bits per heavy atom. The van der Waals surface area contributed by atoms with E-state index in [0.717, 1.165) is 42.0 Å². The summed E-state index contributed by atoms with van der Waals surface area (Å²) in [5.41, 5.74) is 11.3. The molecule has 0 aromatic heterocycles. The summed E-state index contributed by atoms with van der Waals surface area (Å²) in [6.45, 7) is 12.2. The fourth-order valence-corrected chi connectivity index (χ4v) is 3.91. The molecule has 1 aliphatic heterocycles. The van der Waals surface area contributed by atoms with Crippen LogP contribution in [0.25, 0.3) is 0 Å². The van der Waals surface area contributed by atoms with Crippen molar-refractivity contribution in [1.82, 2.24) is 9.80 Å². The van der Waals surface area contributed by atoms with E-state index < -0.39 is 0 Å². The van der Waals surface area contributed by atoms with Crippen molar-refractivity contribution in [2.45, 2.75) is 39.7 Å². The van der Waals surface area contributed by atoms with Crippen molar-refractivity contribution >= 4 is 11.6 Å². The number of benzene rings is 2. The van der Waals surface area contributed by atoms with E-state index in [1.165, 1.54) is 5.56 Å². The Balaban J connectivity index is 2.03. The summed E-state index contributed by atoms with van der Waals surface area (Å²) < 4.78 is 0. The quantitative estimate of drug-likeness (QED) is 0.745. The third kappa shape index (κ3) is 3.72. The molecule has 0 aliphatic carbocycles. The van der Waals surface area contributed by atoms with Gasteiger partial charge in [-0.25, -0.2) is 0 Å². The molecule has 0 bridgehead atoms. The topological polar surface area (TPSA) is 49.6 Å². The smallest absolute Gasteiger partial charge is 0.255 e. The van der Waals surface area contributed by atoms with E-state index in [0.29, 0.717) is 12.5 Å². The predicted molar refractivity (Wildman–Crippen MR) is 112 cm³/mol. The fourth-order valence-electron chi connectivity index (χ4n) is 3.91. The summed E-state index contributed by atoms with van der Waals surface area (Å²) >= 11 is 0. The van der Waals surface area contributed by atoms with Gasteiger partial charge in [0.1, 0.15) is 0 Å². The van der Waals surface area contributed by atoms with E-state index >= 15 is 0 Å². The first-order valence-electron chi connectivity index (χ1n) is 9.99. The summed E-state index contributed by atoms with van der Waals surface area (Å²) in [4.78, 5) is 17.5. The molecule has 27 heavy (non-hydrogen) atoms. The summed E-state index contributed by atoms with van der Waals surface area (Å²) in [6, 6.07) is 14.1. The number of nitrogens with zero attached hydrogens (tertiary/aromatic N) is 2. The van der Waals surface area contributed by atoms with Crippen molar-refractivity contribution in [3.63, 3.8) is 0 Å². The minimum Gasteiger partial charge on any atom is -0.398 e. The van der Waals surface area contributed by atoms with E-state index in [-0.39, 0.29) is 11.9 Å². The standard InChI is InChI=1S/C23H31N3O/c1-5-25(6-2)13-14-26-22(18-9-7-8-10-19(18)23(26)27)20-15-17(16(3)4)11-12-21(20)24/h7-12,15-16,22H,5-6,13-14,24H2,1-4H3. The number of nitrogen functional groups attached to an aromatic ring is 1. The Bertz CT molecular complexity index is 811. The third-order valence-corrected chi connectivity index (χ3v) is 5.68. The molecule has 3 rings (SSSR count). The number of amides is 1. The summed E-state index contributed by atoms with van der Waals surface area (Å²) in [7, 11) is 0. The van der Waals surface area contributed by atoms with Crippen LogP contribution in [0.3, 0.4) is 0 Å². The Hall–Kier alpha value is -2.33. The van der Waals surface area contributed by atoms with Crippen molar-refractivity contribution in [3.05, 3.63) is 64.7 Å². The number of carbonyl (C=O) groups excluding carboxylic acids is 1. The minimum absolute atomic E-state index is 0.108. The highest BCUT2D eigenvalue weighted by atomic mass is 16.2. The highest BCUT2D eigenvalue weighted by molar-refractivity contribution is 6.00. The molecule has 1 unspecified atom stereocenters. The molecule has 2 N–H and O–H groups in total. The van der Waals surface area contributed by atoms with Gasteiger partial charge in [0, 0.05) is 29.9 Å². The number of anilines is 1. The number of likely N-dealkylation sites (N-methyl/N-ethyl adjacent to an activating group) is 1. The molecule has 2 aromatic rings. The van der Waals surface area contributed by atoms with Crippen molar-refractivity contribution < 1.29 is 4.79 Å². The molecule has 1 amide bonds. The molecule has 0 fully saturated rings. The zero-order valence-corrected chi connectivity index (χ0v) is 16.9. The second-order valence-electron chi connectivity index (χ2n) is 7.56. The van der Waals surface area contributed by atoms with E-state index in [1.807, 2.05) is 29.2 Å². The normalized spacial score (nSPS) is 16.4. The molecule has 4 nitrogen and oxygen atoms in total. The van der Waals surface area contributed by atoms with Gasteiger partial charge in [-0.15, -0.1) is 0 Å². The van der Waals surface area contributed by atoms with Gasteiger partial charge in [0.15, 0.2) is 0 Å². The molecular formula is C23H31N3O. The van der Waals surface area contributed by atoms with Crippen LogP contribution < -0.4 is 5.73 Å². The molecule has 0 spiro atoms. The lowest BCUT2D eigenvalue weighted by Crippen LogP contribution is -2.37. The largest absolute Gasteiger partial charge is 0.398 e. The van der Waals surface area contributed by atoms with Crippen molar-refractivity contribution in [1.29, 1.82) is 0 Å². The van der Waals surface area contributed by atoms with Crippen LogP contribution >= 0.6 is 0 Å². The molecule has 1 atom stereocenters. The van der Waals surface area contributed by atoms with Crippen LogP contribution in [-0.4, -0.2) is 41.9 Å². The van der Waals surface area contributed by atoms with Crippen LogP contribution in [0.4, 0.5) is 5.69 Å². The number of nitrogens with two attached hydrogens (primary N) is 1. The number of hydrogen-bond donors (Lipinski definition) is 1. The fraction of sp³-hybridized carbons (Fsp3) is 0.435. The van der Waals surface area contributed by atoms with Crippen LogP contribution in [0, 0.1) is 0 Å². The zero-order chi connectivity index (χ0) is 19.6. The Morgan fingerprint density at radius 1 is 1.07 bits per heavy atom. The molecule has 1 heterocycles. The second kappa shape index (κ2) is 8.13. The minimum atomic E-state index is -0.108. The monoisotopic (exact) mass is 365 g/mol. The van der Waals surface area contributed by atoms with Crippen LogP contribution in [0.1, 0.15) is 66.7 Å². The Labute approximate surface area is 163 Å². The zero-order valence-electron chi connectivity index (χ0n) is 16.9. The maximum absolute atomic E-state index is 13.2. The summed E-state index contributed by atoms with van der Waals surface area (Å²) in [5.74, 6) is 0.526. The predicted octanol–water partition coefficient (Wildman–Crippen LogP) is 4.28. The van der Waals surface area contributed by atoms with Crippen LogP contribution in [0.5, 0.6) is 0 Å². The molecule has 1 aliphatic rings. The number of carbonyl (C=O) groups is 1. The van der Waals surface area contributed by atoms with E-state index in [2.05, 4.69) is 50.8 Å². The number of hydrogen-bond acceptors (Lipinski definition) is 3. The van der Waals surface area contributed by atoms with Crippen LogP contribution in [0.15, 0.2) is 42.5 Å². The average Bonchev–Trinajstić information content (AvgIpc) is 2.95. The molecule has 0 saturated heterocycles. The molecule has 144 valence electrons. The molecule has 0 radical (unpaired) electrons. The van der Waals surface area contributed by atoms with E-state index in [1.54, 1.807) is 0 Å². The highest BCUT2D eigenvalue weighted by Gasteiger charge is 2.38. The Kier molecular flexibility index (Phi) is 5.85. The van der Waals surface area contributed by atoms with Gasteiger partial charge in [-0.05, 0) is 42.3 Å². The number of rotatable bonds is 7. The SMILES string of the molecule is CCN(CC)CCN1C(=O)c2ccccc2C1c1cc(C(C)C)ccc1N. The maximum atomic E-state index is 13.2. The van der Waals surface area contributed by atoms with Crippen molar-refractivity contribution in [3.8, 4) is 0 Å². The average molecular weight is 366 g/mol. The van der Waals surface area contributed by atoms with Crippen LogP contribution in [-0.2, 0) is 0 Å². The molecule has 0 saturated carbocycles. The first-order valence-corrected chi connectivity index (χ1v) is 9.99. The van der Waals surface area contributed by atoms with Gasteiger partial charge in [-0.3, -0.25) is 4.79 Å². The lowest BCUT2D eigenvalue weighted by molar-refractivity contribution is 0.0730. The summed E-state index contributed by atoms with van der Waals surface area (Å²) in [6.07, 6.45) is 0. The molecule has 2 aromatic carbocycles. The lowest BCUT2D eigenvalue weighted by Gasteiger charge is -2.30. The first kappa shape index (κ1) is 19.4. The maximum Gasteiger partial charge on any atom is 0.255 e. The van der Waals surface area contributed by atoms with Gasteiger partial charge in [0.2, 0.25) is 0 Å². The van der Waals surface area contributed by atoms with Gasteiger partial charge in [-0.1, -0.05) is 58.0 Å². The Morgan fingerprint density at radius 3 is 2.44 bits per heavy atom. The third-order valence-electron chi connectivity index (χ3n) is 5.68. The highest BCUT2D eigenvalue weighted by Crippen LogP contribution is 2.41. The van der Waals surface area contributed by atoms with Crippen LogP contribution in [0.2, 0.25) is 0 Å². The van der Waals surface area contributed by atoms with Crippen molar-refractivity contribution in [2.75, 3.05) is 31.9 Å². The molecular weight excluding hydrogens is 334 g/mol. The van der Waals surface area contributed by atoms with E-state index in [4.69, 9.17) is 5.73 Å². The van der Waals surface area contributed by atoms with Gasteiger partial charge in [0.25, 0.3) is 5.91 Å². The summed E-state index contributed by atoms with van der Waals surface area (Å²) in [5, 5.41) is 0. The second-order valence-corrected chi connectivity index (χ2v) is 7.56. The van der Waals surface area contributed by atoms with Gasteiger partial charge >= 0.3 is 0 Å². The first-order chi connectivity index (χ1) is 13.0. The van der Waals surface area contributed by atoms with Gasteiger partial charge < -0.3 is 15.5 Å². The molecule has 4 heteroatoms. The number of fused-ring (bicyclic) bond motifs is 1. The van der Waals surface area contributed by atoms with Gasteiger partial charge in [-0.2, -0.15) is 0 Å². The van der Waals surface area contributed by atoms with Gasteiger partial charge in [0.05, 0.1) is 6.04 Å².